The Morgan fingerprint density at radius 2 is 1.92 bits per heavy atom. The molecular weight excluding hydrogens is 460 g/mol. The molecule has 186 valence electrons. The van der Waals surface area contributed by atoms with Gasteiger partial charge in [0.25, 0.3) is 5.89 Å². The van der Waals surface area contributed by atoms with E-state index in [2.05, 4.69) is 30.1 Å². The molecule has 0 unspecified atom stereocenters. The minimum Gasteiger partial charge on any atom is -0.462 e. The first kappa shape index (κ1) is 23.7. The Kier molecular flexibility index (Phi) is 7.03. The molecule has 0 saturated carbocycles. The second kappa shape index (κ2) is 10.7. The third-order valence-electron chi connectivity index (χ3n) is 6.12. The quantitative estimate of drug-likeness (QED) is 0.354. The highest BCUT2D eigenvalue weighted by atomic mass is 16.5. The summed E-state index contributed by atoms with van der Waals surface area (Å²) in [6, 6.07) is 13.4. The van der Waals surface area contributed by atoms with Crippen LogP contribution in [-0.4, -0.2) is 64.0 Å². The van der Waals surface area contributed by atoms with E-state index in [1.54, 1.807) is 19.2 Å². The summed E-state index contributed by atoms with van der Waals surface area (Å²) in [7, 11) is 0. The normalized spacial score (nSPS) is 14.6. The van der Waals surface area contributed by atoms with E-state index in [1.807, 2.05) is 43.3 Å². The summed E-state index contributed by atoms with van der Waals surface area (Å²) in [6.45, 7) is 7.92. The fourth-order valence-electron chi connectivity index (χ4n) is 4.29. The van der Waals surface area contributed by atoms with Crippen molar-refractivity contribution in [3.8, 4) is 22.7 Å². The molecule has 0 atom stereocenters. The number of ether oxygens (including phenoxy) is 1. The second-order valence-corrected chi connectivity index (χ2v) is 8.57. The third-order valence-corrected chi connectivity index (χ3v) is 6.12. The minimum absolute atomic E-state index is 0.344. The molecule has 3 aromatic heterocycles. The topological polar surface area (TPSA) is 111 Å². The largest absolute Gasteiger partial charge is 0.462 e. The molecule has 1 aromatic carbocycles. The molecule has 1 saturated heterocycles. The molecule has 0 N–H and O–H groups in total. The van der Waals surface area contributed by atoms with E-state index in [-0.39, 0.29) is 5.97 Å². The van der Waals surface area contributed by atoms with Gasteiger partial charge in [-0.2, -0.15) is 0 Å². The van der Waals surface area contributed by atoms with Crippen molar-refractivity contribution in [3.05, 3.63) is 65.9 Å². The standard InChI is InChI=1S/C26H28N6O4/c1-3-34-26(33)20-10-11-21(27-16-20)32-13-7-12-31(14-15-32)17-22-28-29-25(35-22)23-18(2)36-30-24(23)19-8-5-4-6-9-19/h4-6,8-11,16H,3,7,12-15,17H2,1-2H3. The molecule has 5 rings (SSSR count). The summed E-state index contributed by atoms with van der Waals surface area (Å²) in [6.07, 6.45) is 2.54. The first-order valence-electron chi connectivity index (χ1n) is 12.1. The Balaban J connectivity index is 1.23. The van der Waals surface area contributed by atoms with Gasteiger partial charge >= 0.3 is 5.97 Å². The molecule has 4 aromatic rings. The molecule has 0 aliphatic carbocycles. The molecule has 0 radical (unpaired) electrons. The molecule has 0 bridgehead atoms. The number of carbonyl (C=O) groups excluding carboxylic acids is 1. The molecule has 10 nitrogen and oxygen atoms in total. The van der Waals surface area contributed by atoms with Crippen molar-refractivity contribution in [3.63, 3.8) is 0 Å². The number of nitrogens with zero attached hydrogens (tertiary/aromatic N) is 6. The van der Waals surface area contributed by atoms with Gasteiger partial charge in [0.2, 0.25) is 5.89 Å². The maximum atomic E-state index is 11.9. The number of aryl methyl sites for hydroxylation is 1. The number of benzene rings is 1. The third kappa shape index (κ3) is 5.13. The van der Waals surface area contributed by atoms with Crippen LogP contribution >= 0.6 is 0 Å². The highest BCUT2D eigenvalue weighted by Crippen LogP contribution is 2.33. The first-order chi connectivity index (χ1) is 17.6. The van der Waals surface area contributed by atoms with Crippen LogP contribution in [0.2, 0.25) is 0 Å². The molecule has 0 spiro atoms. The van der Waals surface area contributed by atoms with E-state index >= 15 is 0 Å². The summed E-state index contributed by atoms with van der Waals surface area (Å²) in [5.41, 5.74) is 2.80. The Morgan fingerprint density at radius 3 is 2.69 bits per heavy atom. The van der Waals surface area contributed by atoms with Crippen molar-refractivity contribution in [1.29, 1.82) is 0 Å². The van der Waals surface area contributed by atoms with Crippen molar-refractivity contribution in [2.75, 3.05) is 37.7 Å². The van der Waals surface area contributed by atoms with Gasteiger partial charge in [-0.1, -0.05) is 35.5 Å². The zero-order chi connectivity index (χ0) is 24.9. The Morgan fingerprint density at radius 1 is 1.06 bits per heavy atom. The lowest BCUT2D eigenvalue weighted by molar-refractivity contribution is 0.0526. The van der Waals surface area contributed by atoms with Crippen LogP contribution in [0.1, 0.15) is 35.4 Å². The number of carbonyl (C=O) groups is 1. The second-order valence-electron chi connectivity index (χ2n) is 8.57. The summed E-state index contributed by atoms with van der Waals surface area (Å²) >= 11 is 0. The number of anilines is 1. The van der Waals surface area contributed by atoms with E-state index in [4.69, 9.17) is 13.7 Å². The highest BCUT2D eigenvalue weighted by molar-refractivity contribution is 5.89. The maximum Gasteiger partial charge on any atom is 0.339 e. The predicted molar refractivity (Wildman–Crippen MR) is 132 cm³/mol. The maximum absolute atomic E-state index is 11.9. The number of hydrogen-bond acceptors (Lipinski definition) is 10. The van der Waals surface area contributed by atoms with E-state index in [9.17, 15) is 4.79 Å². The van der Waals surface area contributed by atoms with Gasteiger partial charge in [-0.3, -0.25) is 4.90 Å². The summed E-state index contributed by atoms with van der Waals surface area (Å²) < 4.78 is 16.5. The smallest absolute Gasteiger partial charge is 0.339 e. The van der Waals surface area contributed by atoms with Gasteiger partial charge in [0.15, 0.2) is 0 Å². The Bertz CT molecular complexity index is 1300. The molecular formula is C26H28N6O4. The van der Waals surface area contributed by atoms with Crippen LogP contribution in [0.5, 0.6) is 0 Å². The fourth-order valence-corrected chi connectivity index (χ4v) is 4.29. The van der Waals surface area contributed by atoms with Gasteiger partial charge in [-0.25, -0.2) is 9.78 Å². The van der Waals surface area contributed by atoms with E-state index in [1.165, 1.54) is 0 Å². The van der Waals surface area contributed by atoms with Crippen LogP contribution in [0.15, 0.2) is 57.6 Å². The van der Waals surface area contributed by atoms with E-state index in [0.29, 0.717) is 42.0 Å². The molecule has 4 heterocycles. The van der Waals surface area contributed by atoms with Gasteiger partial charge < -0.3 is 18.6 Å². The predicted octanol–water partition coefficient (Wildman–Crippen LogP) is 3.98. The highest BCUT2D eigenvalue weighted by Gasteiger charge is 2.23. The monoisotopic (exact) mass is 488 g/mol. The van der Waals surface area contributed by atoms with Crippen molar-refractivity contribution in [1.82, 2.24) is 25.2 Å². The Hall–Kier alpha value is -4.05. The van der Waals surface area contributed by atoms with Crippen LogP contribution in [0.3, 0.4) is 0 Å². The van der Waals surface area contributed by atoms with Crippen molar-refractivity contribution >= 4 is 11.8 Å². The van der Waals surface area contributed by atoms with Gasteiger partial charge in [0.05, 0.1) is 18.7 Å². The van der Waals surface area contributed by atoms with Crippen LogP contribution < -0.4 is 4.90 Å². The minimum atomic E-state index is -0.352. The zero-order valence-corrected chi connectivity index (χ0v) is 20.4. The summed E-state index contributed by atoms with van der Waals surface area (Å²) in [4.78, 5) is 20.9. The van der Waals surface area contributed by atoms with Crippen LogP contribution in [0, 0.1) is 6.92 Å². The molecule has 0 amide bonds. The molecule has 36 heavy (non-hydrogen) atoms. The van der Waals surface area contributed by atoms with Crippen LogP contribution in [0.4, 0.5) is 5.82 Å². The van der Waals surface area contributed by atoms with Crippen molar-refractivity contribution < 1.29 is 18.5 Å². The average Bonchev–Trinajstić information content (AvgIpc) is 3.44. The Labute approximate surface area is 208 Å². The summed E-state index contributed by atoms with van der Waals surface area (Å²) in [5.74, 6) is 2.09. The van der Waals surface area contributed by atoms with Gasteiger partial charge in [0.1, 0.15) is 22.8 Å². The average molecular weight is 489 g/mol. The lowest BCUT2D eigenvalue weighted by Gasteiger charge is -2.22. The van der Waals surface area contributed by atoms with Crippen molar-refractivity contribution in [2.24, 2.45) is 0 Å². The van der Waals surface area contributed by atoms with Crippen molar-refractivity contribution in [2.45, 2.75) is 26.8 Å². The number of esters is 1. The molecule has 1 fully saturated rings. The van der Waals surface area contributed by atoms with Gasteiger partial charge in [-0.15, -0.1) is 10.2 Å². The van der Waals surface area contributed by atoms with E-state index < -0.39 is 0 Å². The lowest BCUT2D eigenvalue weighted by atomic mass is 10.1. The van der Waals surface area contributed by atoms with Gasteiger partial charge in [-0.05, 0) is 32.4 Å². The number of pyridine rings is 1. The molecule has 1 aliphatic heterocycles. The van der Waals surface area contributed by atoms with Crippen LogP contribution in [-0.2, 0) is 11.3 Å². The number of rotatable bonds is 7. The molecule has 1 aliphatic rings. The first-order valence-corrected chi connectivity index (χ1v) is 12.1. The SMILES string of the molecule is CCOC(=O)c1ccc(N2CCCN(Cc3nnc(-c4c(-c5ccccc5)noc4C)o3)CC2)nc1. The summed E-state index contributed by atoms with van der Waals surface area (Å²) in [5, 5.41) is 12.8. The number of aromatic nitrogens is 4. The zero-order valence-electron chi connectivity index (χ0n) is 20.4. The number of hydrogen-bond donors (Lipinski definition) is 0. The van der Waals surface area contributed by atoms with Gasteiger partial charge in [0, 0.05) is 37.9 Å². The lowest BCUT2D eigenvalue weighted by Crippen LogP contribution is -2.31. The van der Waals surface area contributed by atoms with Crippen LogP contribution in [0.25, 0.3) is 22.7 Å². The molecule has 10 heteroatoms. The fraction of sp³-hybridized carbons (Fsp3) is 0.346. The van der Waals surface area contributed by atoms with E-state index in [0.717, 1.165) is 49.5 Å².